The monoisotopic (exact) mass is 283 g/mol. The Labute approximate surface area is 100 Å². The lowest BCUT2D eigenvalue weighted by Gasteiger charge is -2.07. The van der Waals surface area contributed by atoms with E-state index in [1.165, 1.54) is 4.88 Å². The second kappa shape index (κ2) is 4.63. The molecular formula is C10H10BrN3S. The topological polar surface area (TPSA) is 50.9 Å². The van der Waals surface area contributed by atoms with Gasteiger partial charge in [0.15, 0.2) is 0 Å². The van der Waals surface area contributed by atoms with E-state index in [1.54, 1.807) is 23.7 Å². The highest BCUT2D eigenvalue weighted by molar-refractivity contribution is 9.10. The van der Waals surface area contributed by atoms with Crippen molar-refractivity contribution < 1.29 is 0 Å². The molecule has 3 nitrogen and oxygen atoms in total. The first-order valence-corrected chi connectivity index (χ1v) is 6.10. The Morgan fingerprint density at radius 1 is 1.47 bits per heavy atom. The first kappa shape index (κ1) is 10.4. The second-order valence-electron chi connectivity index (χ2n) is 3.01. The molecule has 2 aromatic rings. The summed E-state index contributed by atoms with van der Waals surface area (Å²) in [4.78, 5) is 5.19. The zero-order chi connectivity index (χ0) is 10.7. The fraction of sp³-hybridized carbons (Fsp3) is 0.100. The highest BCUT2D eigenvalue weighted by Gasteiger charge is 2.02. The highest BCUT2D eigenvalue weighted by Crippen LogP contribution is 2.24. The lowest BCUT2D eigenvalue weighted by Crippen LogP contribution is -2.01. The van der Waals surface area contributed by atoms with Crippen LogP contribution in [0.15, 0.2) is 34.4 Å². The molecule has 0 aliphatic carbocycles. The van der Waals surface area contributed by atoms with Gasteiger partial charge in [0.1, 0.15) is 0 Å². The molecular weight excluding hydrogens is 274 g/mol. The van der Waals surface area contributed by atoms with Crippen molar-refractivity contribution in [3.63, 3.8) is 0 Å². The maximum absolute atomic E-state index is 5.76. The van der Waals surface area contributed by atoms with Gasteiger partial charge in [0.25, 0.3) is 0 Å². The molecule has 3 N–H and O–H groups in total. The molecule has 2 heterocycles. The number of aromatic nitrogens is 1. The van der Waals surface area contributed by atoms with Crippen molar-refractivity contribution in [2.24, 2.45) is 0 Å². The maximum atomic E-state index is 5.76. The number of rotatable bonds is 3. The Balaban J connectivity index is 2.06. The minimum atomic E-state index is 0.671. The molecule has 0 amide bonds. The number of nitrogens with zero attached hydrogens (tertiary/aromatic N) is 1. The summed E-state index contributed by atoms with van der Waals surface area (Å²) in [6.45, 7) is 0.770. The van der Waals surface area contributed by atoms with Crippen LogP contribution in [0.3, 0.4) is 0 Å². The molecule has 0 fully saturated rings. The minimum Gasteiger partial charge on any atom is -0.396 e. The van der Waals surface area contributed by atoms with Crippen molar-refractivity contribution in [3.05, 3.63) is 39.3 Å². The summed E-state index contributed by atoms with van der Waals surface area (Å²) in [5.74, 6) is 0. The van der Waals surface area contributed by atoms with Crippen molar-refractivity contribution in [1.29, 1.82) is 0 Å². The normalized spacial score (nSPS) is 10.2. The molecule has 0 aliphatic heterocycles. The molecule has 0 saturated heterocycles. The fourth-order valence-corrected chi connectivity index (χ4v) is 2.63. The third-order valence-electron chi connectivity index (χ3n) is 1.98. The van der Waals surface area contributed by atoms with Crippen molar-refractivity contribution in [3.8, 4) is 0 Å². The molecule has 0 bridgehead atoms. The third kappa shape index (κ3) is 2.49. The van der Waals surface area contributed by atoms with Gasteiger partial charge in [0.05, 0.1) is 24.1 Å². The molecule has 0 radical (unpaired) electrons. The fourth-order valence-electron chi connectivity index (χ4n) is 1.19. The molecule has 0 unspecified atom stereocenters. The number of nitrogens with one attached hydrogen (secondary N) is 1. The average molecular weight is 284 g/mol. The van der Waals surface area contributed by atoms with Gasteiger partial charge >= 0.3 is 0 Å². The number of pyridine rings is 1. The van der Waals surface area contributed by atoms with Crippen LogP contribution < -0.4 is 11.1 Å². The molecule has 0 saturated carbocycles. The van der Waals surface area contributed by atoms with Gasteiger partial charge in [-0.05, 0) is 33.4 Å². The van der Waals surface area contributed by atoms with E-state index in [0.717, 1.165) is 16.7 Å². The van der Waals surface area contributed by atoms with Gasteiger partial charge in [-0.15, -0.1) is 11.3 Å². The van der Waals surface area contributed by atoms with E-state index in [0.29, 0.717) is 5.69 Å². The zero-order valence-corrected chi connectivity index (χ0v) is 10.3. The number of nitrogens with two attached hydrogens (primary N) is 1. The lowest BCUT2D eigenvalue weighted by atomic mass is 10.3. The summed E-state index contributed by atoms with van der Waals surface area (Å²) in [6.07, 6.45) is 3.37. The molecule has 78 valence electrons. The van der Waals surface area contributed by atoms with Crippen LogP contribution >= 0.6 is 27.3 Å². The molecule has 2 rings (SSSR count). The van der Waals surface area contributed by atoms with Crippen molar-refractivity contribution in [1.82, 2.24) is 4.98 Å². The van der Waals surface area contributed by atoms with E-state index in [-0.39, 0.29) is 0 Å². The molecule has 2 aromatic heterocycles. The van der Waals surface area contributed by atoms with Gasteiger partial charge in [-0.1, -0.05) is 0 Å². The van der Waals surface area contributed by atoms with Crippen LogP contribution in [0.1, 0.15) is 4.88 Å². The number of halogens is 1. The highest BCUT2D eigenvalue weighted by atomic mass is 79.9. The summed E-state index contributed by atoms with van der Waals surface area (Å²) < 4.78 is 1.13. The number of anilines is 2. The molecule has 0 atom stereocenters. The summed E-state index contributed by atoms with van der Waals surface area (Å²) in [5.41, 5.74) is 7.36. The standard InChI is InChI=1S/C10H10BrN3S/c11-7-2-4-15-10(7)6-14-9-1-3-13-5-8(9)12/h1-5H,6,12H2,(H,13,14). The van der Waals surface area contributed by atoms with Crippen LogP contribution in [-0.4, -0.2) is 4.98 Å². The van der Waals surface area contributed by atoms with Gasteiger partial charge in [0.2, 0.25) is 0 Å². The minimum absolute atomic E-state index is 0.671. The van der Waals surface area contributed by atoms with Gasteiger partial charge in [-0.2, -0.15) is 0 Å². The molecule has 0 aromatic carbocycles. The molecule has 0 spiro atoms. The van der Waals surface area contributed by atoms with Crippen molar-refractivity contribution >= 4 is 38.6 Å². The summed E-state index contributed by atoms with van der Waals surface area (Å²) >= 11 is 5.19. The van der Waals surface area contributed by atoms with Gasteiger partial charge < -0.3 is 11.1 Å². The van der Waals surface area contributed by atoms with E-state index >= 15 is 0 Å². The average Bonchev–Trinajstić information content (AvgIpc) is 2.63. The number of hydrogen-bond acceptors (Lipinski definition) is 4. The Morgan fingerprint density at radius 3 is 3.00 bits per heavy atom. The van der Waals surface area contributed by atoms with Crippen LogP contribution in [0.2, 0.25) is 0 Å². The van der Waals surface area contributed by atoms with Crippen LogP contribution in [0.5, 0.6) is 0 Å². The Hall–Kier alpha value is -1.07. The third-order valence-corrected chi connectivity index (χ3v) is 3.91. The maximum Gasteiger partial charge on any atom is 0.0736 e. The summed E-state index contributed by atoms with van der Waals surface area (Å²) in [6, 6.07) is 3.91. The quantitative estimate of drug-likeness (QED) is 0.910. The SMILES string of the molecule is Nc1cnccc1NCc1sccc1Br. The predicted molar refractivity (Wildman–Crippen MR) is 68.0 cm³/mol. The van der Waals surface area contributed by atoms with E-state index in [4.69, 9.17) is 5.73 Å². The van der Waals surface area contributed by atoms with Crippen molar-refractivity contribution in [2.75, 3.05) is 11.1 Å². The van der Waals surface area contributed by atoms with E-state index in [9.17, 15) is 0 Å². The van der Waals surface area contributed by atoms with Gasteiger partial charge in [-0.25, -0.2) is 0 Å². The van der Waals surface area contributed by atoms with E-state index in [2.05, 4.69) is 31.6 Å². The number of nitrogen functional groups attached to an aromatic ring is 1. The Bertz CT molecular complexity index is 455. The van der Waals surface area contributed by atoms with Crippen LogP contribution in [-0.2, 0) is 6.54 Å². The second-order valence-corrected chi connectivity index (χ2v) is 4.86. The van der Waals surface area contributed by atoms with Gasteiger partial charge in [0, 0.05) is 15.5 Å². The Kier molecular flexibility index (Phi) is 3.23. The predicted octanol–water partition coefficient (Wildman–Crippen LogP) is 3.10. The zero-order valence-electron chi connectivity index (χ0n) is 7.90. The first-order valence-electron chi connectivity index (χ1n) is 4.42. The van der Waals surface area contributed by atoms with E-state index < -0.39 is 0 Å². The van der Waals surface area contributed by atoms with Crippen LogP contribution in [0, 0.1) is 0 Å². The molecule has 15 heavy (non-hydrogen) atoms. The van der Waals surface area contributed by atoms with Gasteiger partial charge in [-0.3, -0.25) is 4.98 Å². The molecule has 5 heteroatoms. The number of hydrogen-bond donors (Lipinski definition) is 2. The summed E-state index contributed by atoms with van der Waals surface area (Å²) in [7, 11) is 0. The lowest BCUT2D eigenvalue weighted by molar-refractivity contribution is 1.17. The van der Waals surface area contributed by atoms with E-state index in [1.807, 2.05) is 12.1 Å². The Morgan fingerprint density at radius 2 is 2.33 bits per heavy atom. The summed E-state index contributed by atoms with van der Waals surface area (Å²) in [5, 5.41) is 5.32. The first-order chi connectivity index (χ1) is 7.27. The smallest absolute Gasteiger partial charge is 0.0736 e. The molecule has 0 aliphatic rings. The van der Waals surface area contributed by atoms with Crippen LogP contribution in [0.4, 0.5) is 11.4 Å². The van der Waals surface area contributed by atoms with Crippen molar-refractivity contribution in [2.45, 2.75) is 6.54 Å². The largest absolute Gasteiger partial charge is 0.396 e. The van der Waals surface area contributed by atoms with Crippen LogP contribution in [0.25, 0.3) is 0 Å². The number of thiophene rings is 1.